The van der Waals surface area contributed by atoms with Crippen LogP contribution < -0.4 is 0 Å². The molecular formula is C7H7N3O. The van der Waals surface area contributed by atoms with Crippen LogP contribution >= 0.6 is 0 Å². The minimum Gasteiger partial charge on any atom is -0.265 e. The molecule has 0 aliphatic heterocycles. The van der Waals surface area contributed by atoms with Gasteiger partial charge in [-0.05, 0) is 19.1 Å². The zero-order valence-electron chi connectivity index (χ0n) is 6.06. The van der Waals surface area contributed by atoms with Crippen molar-refractivity contribution in [2.75, 3.05) is 0 Å². The molecule has 0 atom stereocenters. The molecule has 1 aromatic heterocycles. The molecule has 0 aromatic carbocycles. The molecule has 0 N–H and O–H groups in total. The number of rotatable bonds is 2. The molecule has 0 bridgehead atoms. The molecule has 0 aliphatic rings. The molecule has 4 nitrogen and oxygen atoms in total. The Labute approximate surface area is 63.9 Å². The summed E-state index contributed by atoms with van der Waals surface area (Å²) in [5.41, 5.74) is 1.46. The maximum Gasteiger partial charge on any atom is 0.0800 e. The van der Waals surface area contributed by atoms with Gasteiger partial charge in [-0.15, -0.1) is 10.0 Å². The molecule has 0 spiro atoms. The first-order valence-corrected chi connectivity index (χ1v) is 3.12. The van der Waals surface area contributed by atoms with Crippen molar-refractivity contribution in [3.63, 3.8) is 0 Å². The molecule has 0 aliphatic carbocycles. The molecule has 1 rings (SSSR count). The lowest BCUT2D eigenvalue weighted by molar-refractivity contribution is 1.20. The van der Waals surface area contributed by atoms with Gasteiger partial charge in [-0.25, -0.2) is 0 Å². The highest BCUT2D eigenvalue weighted by Crippen LogP contribution is 1.98. The Hall–Kier alpha value is -1.58. The fraction of sp³-hybridized carbons (Fsp3) is 0.143. The van der Waals surface area contributed by atoms with Gasteiger partial charge in [-0.1, -0.05) is 0 Å². The van der Waals surface area contributed by atoms with Gasteiger partial charge in [0.15, 0.2) is 0 Å². The van der Waals surface area contributed by atoms with Gasteiger partial charge in [0.25, 0.3) is 0 Å². The van der Waals surface area contributed by atoms with Crippen LogP contribution in [0.2, 0.25) is 0 Å². The van der Waals surface area contributed by atoms with Crippen molar-refractivity contribution in [3.8, 4) is 0 Å². The fourth-order valence-corrected chi connectivity index (χ4v) is 0.712. The summed E-state index contributed by atoms with van der Waals surface area (Å²) >= 11 is 0. The maximum absolute atomic E-state index is 9.74. The van der Waals surface area contributed by atoms with Gasteiger partial charge in [-0.2, -0.15) is 0 Å². The summed E-state index contributed by atoms with van der Waals surface area (Å²) in [7, 11) is 0. The van der Waals surface area contributed by atoms with Gasteiger partial charge >= 0.3 is 0 Å². The van der Waals surface area contributed by atoms with Crippen molar-refractivity contribution in [3.05, 3.63) is 35.0 Å². The van der Waals surface area contributed by atoms with E-state index in [1.54, 1.807) is 31.5 Å². The normalized spacial score (nSPS) is 11.2. The lowest BCUT2D eigenvalue weighted by Crippen LogP contribution is -1.92. The summed E-state index contributed by atoms with van der Waals surface area (Å²) in [6.07, 6.45) is 3.28. The van der Waals surface area contributed by atoms with Crippen LogP contribution in [-0.4, -0.2) is 10.7 Å². The highest BCUT2D eigenvalue weighted by atomic mass is 16.3. The third kappa shape index (κ3) is 1.93. The lowest BCUT2D eigenvalue weighted by atomic mass is 10.2. The van der Waals surface area contributed by atoms with Crippen molar-refractivity contribution in [1.29, 1.82) is 0 Å². The second kappa shape index (κ2) is 3.55. The van der Waals surface area contributed by atoms with Gasteiger partial charge in [0.1, 0.15) is 0 Å². The molecule has 1 aromatic rings. The quantitative estimate of drug-likeness (QED) is 0.364. The van der Waals surface area contributed by atoms with Crippen LogP contribution in [0, 0.1) is 4.91 Å². The summed E-state index contributed by atoms with van der Waals surface area (Å²) in [5.74, 6) is 0. The molecular weight excluding hydrogens is 142 g/mol. The predicted octanol–water partition coefficient (Wildman–Crippen LogP) is 1.57. The van der Waals surface area contributed by atoms with Crippen molar-refractivity contribution in [2.45, 2.75) is 6.92 Å². The standard InChI is InChI=1S/C7H7N3O/c1-6(9-10-11)7-2-4-8-5-3-7/h2-5H,1H3. The molecule has 0 saturated carbocycles. The van der Waals surface area contributed by atoms with E-state index in [-0.39, 0.29) is 0 Å². The minimum atomic E-state index is 0.599. The third-order valence-electron chi connectivity index (χ3n) is 1.29. The molecule has 56 valence electrons. The molecule has 0 fully saturated rings. The molecule has 1 heterocycles. The van der Waals surface area contributed by atoms with Crippen molar-refractivity contribution >= 4 is 5.71 Å². The van der Waals surface area contributed by atoms with E-state index >= 15 is 0 Å². The highest BCUT2D eigenvalue weighted by Gasteiger charge is 1.93. The largest absolute Gasteiger partial charge is 0.265 e. The summed E-state index contributed by atoms with van der Waals surface area (Å²) < 4.78 is 0. The fourth-order valence-electron chi connectivity index (χ4n) is 0.712. The zero-order chi connectivity index (χ0) is 8.10. The van der Waals surface area contributed by atoms with E-state index in [1.165, 1.54) is 0 Å². The topological polar surface area (TPSA) is 54.7 Å². The van der Waals surface area contributed by atoms with Crippen LogP contribution in [0.25, 0.3) is 0 Å². The number of aromatic nitrogens is 1. The van der Waals surface area contributed by atoms with E-state index < -0.39 is 0 Å². The first kappa shape index (κ1) is 7.53. The predicted molar refractivity (Wildman–Crippen MR) is 42.2 cm³/mol. The first-order valence-electron chi connectivity index (χ1n) is 3.12. The average Bonchev–Trinajstić information content (AvgIpc) is 2.07. The Morgan fingerprint density at radius 1 is 1.45 bits per heavy atom. The Bertz CT molecular complexity index is 268. The third-order valence-corrected chi connectivity index (χ3v) is 1.29. The molecule has 11 heavy (non-hydrogen) atoms. The van der Waals surface area contributed by atoms with Crippen LogP contribution in [0.4, 0.5) is 0 Å². The molecule has 0 unspecified atom stereocenters. The van der Waals surface area contributed by atoms with Gasteiger partial charge in [0.2, 0.25) is 0 Å². The first-order chi connectivity index (χ1) is 5.34. The summed E-state index contributed by atoms with van der Waals surface area (Å²) in [6.45, 7) is 1.72. The van der Waals surface area contributed by atoms with Gasteiger partial charge in [0.05, 0.1) is 11.0 Å². The van der Waals surface area contributed by atoms with Crippen LogP contribution in [-0.2, 0) is 0 Å². The van der Waals surface area contributed by atoms with E-state index in [0.717, 1.165) is 5.56 Å². The average molecular weight is 149 g/mol. The van der Waals surface area contributed by atoms with E-state index in [4.69, 9.17) is 0 Å². The van der Waals surface area contributed by atoms with Crippen molar-refractivity contribution < 1.29 is 0 Å². The van der Waals surface area contributed by atoms with Gasteiger partial charge in [0, 0.05) is 18.0 Å². The van der Waals surface area contributed by atoms with Crippen LogP contribution in [0.1, 0.15) is 12.5 Å². The zero-order valence-corrected chi connectivity index (χ0v) is 6.06. The Morgan fingerprint density at radius 3 is 2.64 bits per heavy atom. The van der Waals surface area contributed by atoms with Crippen molar-refractivity contribution in [1.82, 2.24) is 4.98 Å². The number of nitrogens with zero attached hydrogens (tertiary/aromatic N) is 3. The lowest BCUT2D eigenvalue weighted by Gasteiger charge is -1.93. The highest BCUT2D eigenvalue weighted by molar-refractivity contribution is 5.98. The van der Waals surface area contributed by atoms with Crippen LogP contribution in [0.5, 0.6) is 0 Å². The molecule has 0 saturated heterocycles. The van der Waals surface area contributed by atoms with Crippen LogP contribution in [0.15, 0.2) is 34.9 Å². The molecule has 0 radical (unpaired) electrons. The maximum atomic E-state index is 9.74. The van der Waals surface area contributed by atoms with E-state index in [1.807, 2.05) is 0 Å². The molecule has 4 heteroatoms. The smallest absolute Gasteiger partial charge is 0.0800 e. The minimum absolute atomic E-state index is 0.599. The summed E-state index contributed by atoms with van der Waals surface area (Å²) in [4.78, 5) is 13.6. The second-order valence-electron chi connectivity index (χ2n) is 2.00. The van der Waals surface area contributed by atoms with Crippen LogP contribution in [0.3, 0.4) is 0 Å². The SMILES string of the molecule is CC(=NN=O)c1ccncc1. The number of pyridine rings is 1. The Kier molecular flexibility index (Phi) is 2.43. The summed E-state index contributed by atoms with van der Waals surface area (Å²) in [6, 6.07) is 3.54. The second-order valence-corrected chi connectivity index (χ2v) is 2.00. The van der Waals surface area contributed by atoms with Gasteiger partial charge in [-0.3, -0.25) is 4.98 Å². The Morgan fingerprint density at radius 2 is 2.09 bits per heavy atom. The number of nitroso groups, excluding NO2 is 1. The Balaban J connectivity index is 2.94. The van der Waals surface area contributed by atoms with E-state index in [2.05, 4.69) is 15.4 Å². The van der Waals surface area contributed by atoms with E-state index in [0.29, 0.717) is 5.71 Å². The summed E-state index contributed by atoms with van der Waals surface area (Å²) in [5, 5.41) is 5.78. The molecule has 0 amide bonds. The number of hydrogen-bond acceptors (Lipinski definition) is 3. The monoisotopic (exact) mass is 149 g/mol. The van der Waals surface area contributed by atoms with Crippen molar-refractivity contribution in [2.24, 2.45) is 10.4 Å². The van der Waals surface area contributed by atoms with Gasteiger partial charge < -0.3 is 0 Å². The van der Waals surface area contributed by atoms with E-state index in [9.17, 15) is 4.91 Å². The number of hydrogen-bond donors (Lipinski definition) is 0.